The zero-order valence-corrected chi connectivity index (χ0v) is 15.3. The van der Waals surface area contributed by atoms with Gasteiger partial charge in [-0.2, -0.15) is 13.2 Å². The number of alkyl halides is 3. The van der Waals surface area contributed by atoms with E-state index in [1.807, 2.05) is 13.8 Å². The van der Waals surface area contributed by atoms with Crippen LogP contribution in [0.3, 0.4) is 0 Å². The van der Waals surface area contributed by atoms with Crippen LogP contribution in [0.5, 0.6) is 0 Å². The van der Waals surface area contributed by atoms with Gasteiger partial charge in [-0.25, -0.2) is 8.78 Å². The van der Waals surface area contributed by atoms with E-state index >= 15 is 0 Å². The van der Waals surface area contributed by atoms with Crippen LogP contribution in [0.15, 0.2) is 23.8 Å². The second-order valence-corrected chi connectivity index (χ2v) is 5.98. The van der Waals surface area contributed by atoms with E-state index in [2.05, 4.69) is 0 Å². The molecule has 0 saturated heterocycles. The minimum atomic E-state index is -5.02. The first-order chi connectivity index (χ1) is 11.8. The third-order valence-corrected chi connectivity index (χ3v) is 4.55. The first-order valence-electron chi connectivity index (χ1n) is 8.11. The number of rotatable bonds is 6. The quantitative estimate of drug-likeness (QED) is 0.662. The molecule has 0 aliphatic heterocycles. The number of halogens is 5. The van der Waals surface area contributed by atoms with Gasteiger partial charge in [0.25, 0.3) is 0 Å². The van der Waals surface area contributed by atoms with E-state index in [9.17, 15) is 31.9 Å². The molecule has 1 aliphatic rings. The minimum Gasteiger partial charge on any atom is -0.481 e. The van der Waals surface area contributed by atoms with Gasteiger partial charge in [0.1, 0.15) is 6.10 Å². The fraction of sp³-hybridized carbons (Fsp3) is 0.706. The van der Waals surface area contributed by atoms with Crippen molar-refractivity contribution in [1.29, 1.82) is 0 Å². The molecule has 9 heteroatoms. The Morgan fingerprint density at radius 3 is 2.19 bits per heavy atom. The minimum absolute atomic E-state index is 0.521. The van der Waals surface area contributed by atoms with Gasteiger partial charge in [-0.3, -0.25) is 4.79 Å². The van der Waals surface area contributed by atoms with Crippen LogP contribution in [0.2, 0.25) is 0 Å². The number of allylic oxidation sites excluding steroid dienone is 2. The van der Waals surface area contributed by atoms with Crippen LogP contribution >= 0.6 is 0 Å². The maximum atomic E-state index is 13.9. The van der Waals surface area contributed by atoms with Gasteiger partial charge >= 0.3 is 12.1 Å². The number of carboxylic acid groups (broad SMARTS) is 1. The van der Waals surface area contributed by atoms with Crippen LogP contribution in [-0.2, 0) is 9.53 Å². The molecule has 0 aromatic rings. The average molecular weight is 388 g/mol. The average Bonchev–Trinajstić information content (AvgIpc) is 2.55. The number of methoxy groups -OCH3 is 1. The van der Waals surface area contributed by atoms with Crippen LogP contribution in [0.25, 0.3) is 0 Å². The van der Waals surface area contributed by atoms with Crippen molar-refractivity contribution >= 4 is 5.97 Å². The molecular weight excluding hydrogens is 363 g/mol. The van der Waals surface area contributed by atoms with Crippen molar-refractivity contribution in [2.45, 2.75) is 52.0 Å². The monoisotopic (exact) mass is 388 g/mol. The van der Waals surface area contributed by atoms with Crippen LogP contribution in [0.4, 0.5) is 22.0 Å². The Balaban J connectivity index is 0.00000301. The summed E-state index contributed by atoms with van der Waals surface area (Å²) in [5.74, 6) is -8.13. The number of hydrogen-bond acceptors (Lipinski definition) is 3. The largest absolute Gasteiger partial charge is 0.481 e. The molecule has 152 valence electrons. The molecule has 2 N–H and O–H groups in total. The first-order valence-corrected chi connectivity index (χ1v) is 8.11. The first kappa shape index (κ1) is 24.5. The number of ether oxygens (including phenoxy) is 1. The van der Waals surface area contributed by atoms with E-state index < -0.39 is 59.7 Å². The third-order valence-electron chi connectivity index (χ3n) is 4.55. The second-order valence-electron chi connectivity index (χ2n) is 5.98. The molecule has 0 amide bonds. The van der Waals surface area contributed by atoms with Crippen molar-refractivity contribution in [2.24, 2.45) is 17.8 Å². The Morgan fingerprint density at radius 2 is 1.81 bits per heavy atom. The Bertz CT molecular complexity index is 540. The molecule has 0 spiro atoms. The number of aliphatic hydroxyl groups is 1. The maximum Gasteiger partial charge on any atom is 0.417 e. The van der Waals surface area contributed by atoms with Gasteiger partial charge in [0.05, 0.1) is 0 Å². The molecule has 0 saturated carbocycles. The molecule has 0 aromatic carbocycles. The normalized spacial score (nSPS) is 25.0. The van der Waals surface area contributed by atoms with Crippen LogP contribution in [-0.4, -0.2) is 41.2 Å². The van der Waals surface area contributed by atoms with Gasteiger partial charge in [-0.05, 0) is 24.8 Å². The maximum absolute atomic E-state index is 13.9. The molecular formula is C17H25F5O4. The van der Waals surface area contributed by atoms with E-state index in [1.54, 1.807) is 0 Å². The molecule has 0 radical (unpaired) electrons. The van der Waals surface area contributed by atoms with E-state index in [-0.39, 0.29) is 0 Å². The van der Waals surface area contributed by atoms with E-state index in [1.165, 1.54) is 0 Å². The van der Waals surface area contributed by atoms with Crippen molar-refractivity contribution in [3.05, 3.63) is 23.8 Å². The summed E-state index contributed by atoms with van der Waals surface area (Å²) in [6.45, 7) is 5.54. The number of carbonyl (C=O) groups is 1. The highest BCUT2D eigenvalue weighted by atomic mass is 19.4. The zero-order valence-electron chi connectivity index (χ0n) is 15.3. The molecule has 4 unspecified atom stereocenters. The number of carboxylic acids is 1. The Labute approximate surface area is 149 Å². The van der Waals surface area contributed by atoms with Crippen molar-refractivity contribution in [1.82, 2.24) is 0 Å². The molecule has 0 bridgehead atoms. The molecule has 5 atom stereocenters. The summed E-state index contributed by atoms with van der Waals surface area (Å²) < 4.78 is 71.3. The highest BCUT2D eigenvalue weighted by Crippen LogP contribution is 2.45. The highest BCUT2D eigenvalue weighted by Gasteiger charge is 2.56. The topological polar surface area (TPSA) is 66.8 Å². The second kappa shape index (κ2) is 9.45. The summed E-state index contributed by atoms with van der Waals surface area (Å²) in [6.07, 6.45) is -5.57. The summed E-state index contributed by atoms with van der Waals surface area (Å²) in [7, 11) is 1.04. The van der Waals surface area contributed by atoms with Gasteiger partial charge in [-0.1, -0.05) is 26.8 Å². The predicted molar refractivity (Wildman–Crippen MR) is 85.6 cm³/mol. The summed E-state index contributed by atoms with van der Waals surface area (Å²) in [4.78, 5) is 11.1. The van der Waals surface area contributed by atoms with Crippen LogP contribution in [0, 0.1) is 17.8 Å². The Morgan fingerprint density at radius 1 is 1.31 bits per heavy atom. The third kappa shape index (κ3) is 5.26. The van der Waals surface area contributed by atoms with Gasteiger partial charge in [-0.15, -0.1) is 0 Å². The smallest absolute Gasteiger partial charge is 0.417 e. The molecule has 1 aliphatic carbocycles. The van der Waals surface area contributed by atoms with E-state index in [4.69, 9.17) is 9.84 Å². The van der Waals surface area contributed by atoms with Gasteiger partial charge in [0.15, 0.2) is 17.3 Å². The standard InChI is InChI=1S/C15H19F5O4.C2H6/c1-7(14(2,23)15(18,19)20)9(6-11(21)22)8-4-5-10(16)12(17)13(8)24-3;1-2/h4-5,7-9,13,23H,6H2,1-3H3,(H,21,22);1-2H3/t7?,8?,9?,13?,14-;/m1./s1. The summed E-state index contributed by atoms with van der Waals surface area (Å²) >= 11 is 0. The Kier molecular flexibility index (Phi) is 8.92. The van der Waals surface area contributed by atoms with Crippen LogP contribution in [0.1, 0.15) is 34.1 Å². The molecule has 26 heavy (non-hydrogen) atoms. The van der Waals surface area contributed by atoms with E-state index in [0.717, 1.165) is 26.2 Å². The lowest BCUT2D eigenvalue weighted by atomic mass is 9.69. The van der Waals surface area contributed by atoms with Gasteiger partial charge < -0.3 is 14.9 Å². The summed E-state index contributed by atoms with van der Waals surface area (Å²) in [6, 6.07) is 0. The van der Waals surface area contributed by atoms with Gasteiger partial charge in [0, 0.05) is 19.4 Å². The lowest BCUT2D eigenvalue weighted by Gasteiger charge is -2.41. The highest BCUT2D eigenvalue weighted by molar-refractivity contribution is 5.67. The van der Waals surface area contributed by atoms with Crippen molar-refractivity contribution in [3.8, 4) is 0 Å². The molecule has 1 rings (SSSR count). The van der Waals surface area contributed by atoms with Crippen LogP contribution < -0.4 is 0 Å². The number of hydrogen-bond donors (Lipinski definition) is 2. The summed E-state index contributed by atoms with van der Waals surface area (Å²) in [5, 5.41) is 18.8. The molecule has 0 heterocycles. The molecule has 0 aromatic heterocycles. The molecule has 4 nitrogen and oxygen atoms in total. The van der Waals surface area contributed by atoms with E-state index in [0.29, 0.717) is 6.92 Å². The lowest BCUT2D eigenvalue weighted by Crippen LogP contribution is -2.52. The van der Waals surface area contributed by atoms with Gasteiger partial charge in [0.2, 0.25) is 0 Å². The fourth-order valence-electron chi connectivity index (χ4n) is 2.83. The number of aliphatic carboxylic acids is 1. The predicted octanol–water partition coefficient (Wildman–Crippen LogP) is 4.40. The van der Waals surface area contributed by atoms with Crippen molar-refractivity contribution in [2.75, 3.05) is 7.11 Å². The molecule has 0 fully saturated rings. The lowest BCUT2D eigenvalue weighted by molar-refractivity contribution is -0.277. The Hall–Kier alpha value is -1.48. The fourth-order valence-corrected chi connectivity index (χ4v) is 2.83. The zero-order chi connectivity index (χ0) is 20.9. The summed E-state index contributed by atoms with van der Waals surface area (Å²) in [5.41, 5.74) is -3.21. The van der Waals surface area contributed by atoms with Crippen molar-refractivity contribution < 1.29 is 41.7 Å². The SMILES string of the molecule is CC.COC1C(F)=C(F)C=CC1C(CC(=O)O)C(C)[C@@](C)(O)C(F)(F)F. The van der Waals surface area contributed by atoms with Crippen molar-refractivity contribution in [3.63, 3.8) is 0 Å².